The molecule has 1 heterocycles. The minimum absolute atomic E-state index is 0.123. The first-order chi connectivity index (χ1) is 10.8. The maximum absolute atomic E-state index is 12.1. The zero-order chi connectivity index (χ0) is 17.1. The number of hydrogen-bond acceptors (Lipinski definition) is 6. The normalized spacial score (nSPS) is 11.0. The molecule has 0 aliphatic heterocycles. The first-order valence-corrected chi connectivity index (χ1v) is 6.94. The van der Waals surface area contributed by atoms with Crippen LogP contribution in [0.4, 0.5) is 5.69 Å². The maximum atomic E-state index is 12.1. The monoisotopic (exact) mass is 335 g/mol. The van der Waals surface area contributed by atoms with Crippen LogP contribution >= 0.6 is 11.6 Å². The van der Waals surface area contributed by atoms with Gasteiger partial charge in [0.05, 0.1) is 10.6 Å². The maximum Gasteiger partial charge on any atom is 0.295 e. The second kappa shape index (κ2) is 6.57. The highest BCUT2D eigenvalue weighted by Crippen LogP contribution is 2.27. The molecule has 2 aromatic rings. The van der Waals surface area contributed by atoms with Crippen LogP contribution in [-0.2, 0) is 0 Å². The van der Waals surface area contributed by atoms with E-state index < -0.39 is 4.92 Å². The van der Waals surface area contributed by atoms with E-state index in [4.69, 9.17) is 11.6 Å². The molecule has 0 spiro atoms. The second-order valence-electron chi connectivity index (χ2n) is 4.97. The van der Waals surface area contributed by atoms with Gasteiger partial charge in [-0.3, -0.25) is 14.9 Å². The van der Waals surface area contributed by atoms with Gasteiger partial charge in [0.1, 0.15) is 5.69 Å². The minimum Gasteiger partial charge on any atom is -0.383 e. The largest absolute Gasteiger partial charge is 0.383 e. The standard InChI is InChI=1S/C14H14ClN5O3/c1-9-14(13(21)6-7-18(2)3)16-17-19(9)12-8-10(15)4-5-11(12)20(22)23/h4-8H,1-3H3. The first kappa shape index (κ1) is 16.6. The van der Waals surface area contributed by atoms with Crippen molar-refractivity contribution in [3.05, 3.63) is 57.0 Å². The summed E-state index contributed by atoms with van der Waals surface area (Å²) in [5, 5.41) is 19.2. The van der Waals surface area contributed by atoms with Gasteiger partial charge >= 0.3 is 0 Å². The van der Waals surface area contributed by atoms with Gasteiger partial charge in [-0.2, -0.15) is 0 Å². The summed E-state index contributed by atoms with van der Waals surface area (Å²) in [5.74, 6) is -0.341. The summed E-state index contributed by atoms with van der Waals surface area (Å²) in [4.78, 5) is 24.4. The molecule has 0 radical (unpaired) electrons. The summed E-state index contributed by atoms with van der Waals surface area (Å²) in [5.41, 5.74) is 0.495. The number of allylic oxidation sites excluding steroid dienone is 1. The fourth-order valence-electron chi connectivity index (χ4n) is 1.90. The summed E-state index contributed by atoms with van der Waals surface area (Å²) in [7, 11) is 3.56. The van der Waals surface area contributed by atoms with E-state index in [1.165, 1.54) is 29.0 Å². The molecule has 0 saturated carbocycles. The van der Waals surface area contributed by atoms with E-state index in [0.717, 1.165) is 0 Å². The highest BCUT2D eigenvalue weighted by molar-refractivity contribution is 6.30. The van der Waals surface area contributed by atoms with Crippen molar-refractivity contribution in [3.63, 3.8) is 0 Å². The van der Waals surface area contributed by atoms with Gasteiger partial charge in [0.15, 0.2) is 5.69 Å². The van der Waals surface area contributed by atoms with Crippen LogP contribution in [-0.4, -0.2) is 44.7 Å². The molecular formula is C14H14ClN5O3. The quantitative estimate of drug-likeness (QED) is 0.360. The van der Waals surface area contributed by atoms with E-state index in [0.29, 0.717) is 10.7 Å². The van der Waals surface area contributed by atoms with Crippen LogP contribution in [0.5, 0.6) is 0 Å². The summed E-state index contributed by atoms with van der Waals surface area (Å²) < 4.78 is 1.24. The van der Waals surface area contributed by atoms with Gasteiger partial charge in [-0.1, -0.05) is 16.8 Å². The van der Waals surface area contributed by atoms with Crippen molar-refractivity contribution in [2.45, 2.75) is 6.92 Å². The van der Waals surface area contributed by atoms with Crippen molar-refractivity contribution >= 4 is 23.1 Å². The third-order valence-electron chi connectivity index (χ3n) is 3.01. The Morgan fingerprint density at radius 3 is 2.74 bits per heavy atom. The molecule has 8 nitrogen and oxygen atoms in total. The lowest BCUT2D eigenvalue weighted by atomic mass is 10.2. The number of carbonyl (C=O) groups is 1. The molecule has 9 heteroatoms. The summed E-state index contributed by atoms with van der Waals surface area (Å²) >= 11 is 5.91. The predicted molar refractivity (Wildman–Crippen MR) is 84.9 cm³/mol. The first-order valence-electron chi connectivity index (χ1n) is 6.57. The fraction of sp³-hybridized carbons (Fsp3) is 0.214. The Morgan fingerprint density at radius 2 is 2.13 bits per heavy atom. The van der Waals surface area contributed by atoms with Crippen LogP contribution < -0.4 is 0 Å². The van der Waals surface area contributed by atoms with Crippen LogP contribution in [0, 0.1) is 17.0 Å². The average molecular weight is 336 g/mol. The summed E-state index contributed by atoms with van der Waals surface area (Å²) in [6.07, 6.45) is 2.94. The van der Waals surface area contributed by atoms with Crippen molar-refractivity contribution < 1.29 is 9.72 Å². The van der Waals surface area contributed by atoms with Crippen molar-refractivity contribution in [1.82, 2.24) is 19.9 Å². The third-order valence-corrected chi connectivity index (χ3v) is 3.25. The lowest BCUT2D eigenvalue weighted by Crippen LogP contribution is -2.06. The lowest BCUT2D eigenvalue weighted by molar-refractivity contribution is -0.384. The Kier molecular flexibility index (Phi) is 4.75. The van der Waals surface area contributed by atoms with Gasteiger partial charge in [-0.15, -0.1) is 5.10 Å². The van der Waals surface area contributed by atoms with E-state index in [-0.39, 0.29) is 22.9 Å². The van der Waals surface area contributed by atoms with E-state index in [1.807, 2.05) is 0 Å². The van der Waals surface area contributed by atoms with Gasteiger partial charge < -0.3 is 4.90 Å². The average Bonchev–Trinajstić information content (AvgIpc) is 2.86. The molecule has 0 atom stereocenters. The van der Waals surface area contributed by atoms with Crippen LogP contribution in [0.15, 0.2) is 30.5 Å². The van der Waals surface area contributed by atoms with Gasteiger partial charge in [0, 0.05) is 37.5 Å². The Hall–Kier alpha value is -2.74. The topological polar surface area (TPSA) is 94.2 Å². The van der Waals surface area contributed by atoms with Gasteiger partial charge in [0.25, 0.3) is 5.69 Å². The number of nitro groups is 1. The molecule has 0 N–H and O–H groups in total. The smallest absolute Gasteiger partial charge is 0.295 e. The Balaban J connectivity index is 2.50. The van der Waals surface area contributed by atoms with Gasteiger partial charge in [0.2, 0.25) is 5.78 Å². The van der Waals surface area contributed by atoms with Crippen LogP contribution in [0.1, 0.15) is 16.2 Å². The summed E-state index contributed by atoms with van der Waals surface area (Å²) in [6.45, 7) is 1.61. The zero-order valence-corrected chi connectivity index (χ0v) is 13.5. The molecule has 2 rings (SSSR count). The molecule has 120 valence electrons. The molecule has 0 aliphatic carbocycles. The minimum atomic E-state index is -0.541. The number of benzene rings is 1. The number of nitrogens with zero attached hydrogens (tertiary/aromatic N) is 5. The van der Waals surface area contributed by atoms with Crippen molar-refractivity contribution in [2.75, 3.05) is 14.1 Å². The second-order valence-corrected chi connectivity index (χ2v) is 5.41. The van der Waals surface area contributed by atoms with E-state index in [1.54, 1.807) is 32.1 Å². The highest BCUT2D eigenvalue weighted by atomic mass is 35.5. The van der Waals surface area contributed by atoms with Crippen molar-refractivity contribution in [3.8, 4) is 5.69 Å². The molecule has 0 amide bonds. The highest BCUT2D eigenvalue weighted by Gasteiger charge is 2.22. The lowest BCUT2D eigenvalue weighted by Gasteiger charge is -2.05. The van der Waals surface area contributed by atoms with Gasteiger partial charge in [-0.25, -0.2) is 4.68 Å². The van der Waals surface area contributed by atoms with E-state index in [2.05, 4.69) is 10.3 Å². The molecule has 23 heavy (non-hydrogen) atoms. The third kappa shape index (κ3) is 3.54. The Bertz CT molecular complexity index is 798. The molecule has 1 aromatic carbocycles. The molecule has 0 unspecified atom stereocenters. The Morgan fingerprint density at radius 1 is 1.43 bits per heavy atom. The Labute approximate surface area is 137 Å². The number of halogens is 1. The zero-order valence-electron chi connectivity index (χ0n) is 12.7. The van der Waals surface area contributed by atoms with Gasteiger partial charge in [-0.05, 0) is 19.1 Å². The molecule has 0 fully saturated rings. The summed E-state index contributed by atoms with van der Waals surface area (Å²) in [6, 6.07) is 4.11. The predicted octanol–water partition coefficient (Wildman–Crippen LogP) is 2.40. The molecule has 0 saturated heterocycles. The number of aromatic nitrogens is 3. The number of rotatable bonds is 5. The molecular weight excluding hydrogens is 322 g/mol. The van der Waals surface area contributed by atoms with Crippen molar-refractivity contribution in [1.29, 1.82) is 0 Å². The van der Waals surface area contributed by atoms with E-state index in [9.17, 15) is 14.9 Å². The van der Waals surface area contributed by atoms with E-state index >= 15 is 0 Å². The SMILES string of the molecule is Cc1c(C(=O)C=CN(C)C)nnn1-c1cc(Cl)ccc1[N+](=O)[O-]. The number of hydrogen-bond donors (Lipinski definition) is 0. The molecule has 0 aliphatic rings. The number of carbonyl (C=O) groups excluding carboxylic acids is 1. The van der Waals surface area contributed by atoms with Crippen LogP contribution in [0.3, 0.4) is 0 Å². The molecule has 1 aromatic heterocycles. The fourth-order valence-corrected chi connectivity index (χ4v) is 2.07. The number of ketones is 1. The van der Waals surface area contributed by atoms with Crippen LogP contribution in [0.25, 0.3) is 5.69 Å². The van der Waals surface area contributed by atoms with Crippen molar-refractivity contribution in [2.24, 2.45) is 0 Å². The van der Waals surface area contributed by atoms with Crippen LogP contribution in [0.2, 0.25) is 5.02 Å². The number of nitro benzene ring substituents is 1. The molecule has 0 bridgehead atoms.